The van der Waals surface area contributed by atoms with Gasteiger partial charge in [0.15, 0.2) is 5.58 Å². The average Bonchev–Trinajstić information content (AvgIpc) is 3.79. The molecule has 8 aromatic carbocycles. The summed E-state index contributed by atoms with van der Waals surface area (Å²) >= 11 is 0. The summed E-state index contributed by atoms with van der Waals surface area (Å²) in [5.41, 5.74) is 11.4. The molecule has 0 saturated heterocycles. The minimum atomic E-state index is 0.609. The lowest BCUT2D eigenvalue weighted by atomic mass is 10.00. The number of nitrogens with zero attached hydrogens (tertiary/aromatic N) is 3. The fourth-order valence-corrected chi connectivity index (χ4v) is 7.53. The molecule has 0 amide bonds. The van der Waals surface area contributed by atoms with Gasteiger partial charge in [0.1, 0.15) is 5.52 Å². The van der Waals surface area contributed by atoms with Crippen molar-refractivity contribution < 1.29 is 4.42 Å². The quantitative estimate of drug-likeness (QED) is 0.179. The van der Waals surface area contributed by atoms with E-state index >= 15 is 0 Å². The Kier molecular flexibility index (Phi) is 6.78. The van der Waals surface area contributed by atoms with Crippen LogP contribution < -0.4 is 4.90 Å². The molecule has 10 rings (SSSR count). The Hall–Kier alpha value is -6.91. The molecule has 0 radical (unpaired) electrons. The van der Waals surface area contributed by atoms with Gasteiger partial charge in [-0.25, -0.2) is 4.98 Å². The summed E-state index contributed by atoms with van der Waals surface area (Å²) in [5, 5.41) is 4.56. The van der Waals surface area contributed by atoms with Gasteiger partial charge in [0.25, 0.3) is 0 Å². The smallest absolute Gasteiger partial charge is 0.227 e. The maximum Gasteiger partial charge on any atom is 0.227 e. The lowest BCUT2D eigenvalue weighted by Gasteiger charge is -2.29. The van der Waals surface area contributed by atoms with Crippen LogP contribution in [0.25, 0.3) is 71.9 Å². The fourth-order valence-electron chi connectivity index (χ4n) is 7.53. The first-order chi connectivity index (χ1) is 25.3. The second-order valence-electron chi connectivity index (χ2n) is 12.8. The predicted octanol–water partition coefficient (Wildman–Crippen LogP) is 12.9. The van der Waals surface area contributed by atoms with E-state index in [1.165, 1.54) is 16.3 Å². The van der Waals surface area contributed by atoms with Crippen molar-refractivity contribution in [2.24, 2.45) is 0 Å². The van der Waals surface area contributed by atoms with Crippen LogP contribution in [0.3, 0.4) is 0 Å². The van der Waals surface area contributed by atoms with Crippen molar-refractivity contribution in [1.82, 2.24) is 9.55 Å². The van der Waals surface area contributed by atoms with Crippen LogP contribution in [0.15, 0.2) is 192 Å². The molecule has 0 aliphatic rings. The number of anilines is 3. The Bertz CT molecular complexity index is 2850. The zero-order valence-electron chi connectivity index (χ0n) is 27.6. The minimum absolute atomic E-state index is 0.609. The molecule has 0 aliphatic heterocycles. The third-order valence-corrected chi connectivity index (χ3v) is 9.80. The van der Waals surface area contributed by atoms with Crippen molar-refractivity contribution in [3.8, 4) is 28.3 Å². The van der Waals surface area contributed by atoms with E-state index < -0.39 is 0 Å². The first-order valence-electron chi connectivity index (χ1n) is 17.2. The normalized spacial score (nSPS) is 11.5. The van der Waals surface area contributed by atoms with E-state index in [9.17, 15) is 0 Å². The standard InChI is InChI=1S/C47H31N3O/c1-4-15-32(16-5-1)37-22-10-12-24-40(37)50(36-28-29-39-38-23-11-13-25-41(38)49(43(39)31-36)35-20-8-3-9-21-35)42-26-14-19-33-27-30-44-46(45(33)42)48-47(51-44)34-17-6-2-7-18-34/h1-31H. The van der Waals surface area contributed by atoms with E-state index in [2.05, 4.69) is 161 Å². The first kappa shape index (κ1) is 29.0. The van der Waals surface area contributed by atoms with Crippen molar-refractivity contribution >= 4 is 60.7 Å². The predicted molar refractivity (Wildman–Crippen MR) is 211 cm³/mol. The monoisotopic (exact) mass is 653 g/mol. The second-order valence-corrected chi connectivity index (χ2v) is 12.8. The molecular weight excluding hydrogens is 623 g/mol. The molecule has 0 bridgehead atoms. The molecule has 4 heteroatoms. The summed E-state index contributed by atoms with van der Waals surface area (Å²) in [4.78, 5) is 7.55. The van der Waals surface area contributed by atoms with Gasteiger partial charge in [-0.3, -0.25) is 0 Å². The van der Waals surface area contributed by atoms with E-state index in [0.29, 0.717) is 5.89 Å². The summed E-state index contributed by atoms with van der Waals surface area (Å²) in [6, 6.07) is 66.2. The van der Waals surface area contributed by atoms with Gasteiger partial charge in [-0.2, -0.15) is 0 Å². The van der Waals surface area contributed by atoms with E-state index in [1.807, 2.05) is 36.4 Å². The molecule has 240 valence electrons. The highest BCUT2D eigenvalue weighted by atomic mass is 16.3. The van der Waals surface area contributed by atoms with Crippen molar-refractivity contribution in [3.05, 3.63) is 188 Å². The van der Waals surface area contributed by atoms with Crippen molar-refractivity contribution in [1.29, 1.82) is 0 Å². The summed E-state index contributed by atoms with van der Waals surface area (Å²) < 4.78 is 8.80. The lowest BCUT2D eigenvalue weighted by Crippen LogP contribution is -2.12. The molecule has 0 N–H and O–H groups in total. The Morgan fingerprint density at radius 3 is 1.98 bits per heavy atom. The van der Waals surface area contributed by atoms with Crippen LogP contribution in [-0.2, 0) is 0 Å². The first-order valence-corrected chi connectivity index (χ1v) is 17.2. The number of oxazole rings is 1. The lowest BCUT2D eigenvalue weighted by molar-refractivity contribution is 0.620. The molecule has 0 fully saturated rings. The number of hydrogen-bond donors (Lipinski definition) is 0. The summed E-state index contributed by atoms with van der Waals surface area (Å²) in [6.07, 6.45) is 0. The van der Waals surface area contributed by atoms with Crippen LogP contribution >= 0.6 is 0 Å². The van der Waals surface area contributed by atoms with Crippen LogP contribution in [0.1, 0.15) is 0 Å². The highest BCUT2D eigenvalue weighted by molar-refractivity contribution is 6.15. The van der Waals surface area contributed by atoms with Crippen molar-refractivity contribution in [3.63, 3.8) is 0 Å². The SMILES string of the molecule is c1ccc(-c2nc3c(ccc4cccc(N(c5ccc6c7ccccc7n(-c7ccccc7)c6c5)c5ccccc5-c5ccccc5)c43)o2)cc1. The summed E-state index contributed by atoms with van der Waals surface area (Å²) in [6.45, 7) is 0. The van der Waals surface area contributed by atoms with Crippen LogP contribution in [0, 0.1) is 0 Å². The molecule has 2 heterocycles. The third kappa shape index (κ3) is 4.80. The topological polar surface area (TPSA) is 34.2 Å². The number of benzene rings is 8. The molecular formula is C47H31N3O. The average molecular weight is 654 g/mol. The zero-order valence-corrected chi connectivity index (χ0v) is 27.6. The van der Waals surface area contributed by atoms with Gasteiger partial charge in [0, 0.05) is 38.7 Å². The van der Waals surface area contributed by atoms with Crippen molar-refractivity contribution in [2.75, 3.05) is 4.90 Å². The highest BCUT2D eigenvalue weighted by Crippen LogP contribution is 2.46. The Labute approximate surface area is 295 Å². The van der Waals surface area contributed by atoms with Crippen LogP contribution in [0.4, 0.5) is 17.1 Å². The van der Waals surface area contributed by atoms with E-state index in [0.717, 1.165) is 66.8 Å². The highest BCUT2D eigenvalue weighted by Gasteiger charge is 2.23. The number of fused-ring (bicyclic) bond motifs is 6. The number of aromatic nitrogens is 2. The number of para-hydroxylation sites is 3. The summed E-state index contributed by atoms with van der Waals surface area (Å²) in [7, 11) is 0. The Morgan fingerprint density at radius 2 is 1.16 bits per heavy atom. The zero-order chi connectivity index (χ0) is 33.7. The van der Waals surface area contributed by atoms with Gasteiger partial charge < -0.3 is 13.9 Å². The molecule has 51 heavy (non-hydrogen) atoms. The molecule has 0 saturated carbocycles. The summed E-state index contributed by atoms with van der Waals surface area (Å²) in [5.74, 6) is 0.609. The molecule has 10 aromatic rings. The van der Waals surface area contributed by atoms with Gasteiger partial charge in [-0.15, -0.1) is 0 Å². The van der Waals surface area contributed by atoms with Gasteiger partial charge in [-0.05, 0) is 71.6 Å². The molecule has 0 atom stereocenters. The molecule has 0 unspecified atom stereocenters. The third-order valence-electron chi connectivity index (χ3n) is 9.80. The molecule has 0 spiro atoms. The molecule has 0 aliphatic carbocycles. The fraction of sp³-hybridized carbons (Fsp3) is 0. The van der Waals surface area contributed by atoms with Crippen LogP contribution in [0.2, 0.25) is 0 Å². The maximum absolute atomic E-state index is 6.42. The Morgan fingerprint density at radius 1 is 0.490 bits per heavy atom. The minimum Gasteiger partial charge on any atom is -0.436 e. The number of rotatable bonds is 6. The second kappa shape index (κ2) is 11.9. The molecule has 4 nitrogen and oxygen atoms in total. The van der Waals surface area contributed by atoms with Gasteiger partial charge in [0.2, 0.25) is 5.89 Å². The van der Waals surface area contributed by atoms with Crippen LogP contribution in [-0.4, -0.2) is 9.55 Å². The van der Waals surface area contributed by atoms with E-state index in [1.54, 1.807) is 0 Å². The maximum atomic E-state index is 6.42. The van der Waals surface area contributed by atoms with Gasteiger partial charge in [0.05, 0.1) is 22.4 Å². The molecule has 2 aromatic heterocycles. The van der Waals surface area contributed by atoms with E-state index in [-0.39, 0.29) is 0 Å². The largest absolute Gasteiger partial charge is 0.436 e. The number of hydrogen-bond acceptors (Lipinski definition) is 3. The Balaban J connectivity index is 1.29. The van der Waals surface area contributed by atoms with Crippen LogP contribution in [0.5, 0.6) is 0 Å². The van der Waals surface area contributed by atoms with Crippen molar-refractivity contribution in [2.45, 2.75) is 0 Å². The van der Waals surface area contributed by atoms with Gasteiger partial charge >= 0.3 is 0 Å². The van der Waals surface area contributed by atoms with Gasteiger partial charge in [-0.1, -0.05) is 127 Å². The van der Waals surface area contributed by atoms with E-state index in [4.69, 9.17) is 9.40 Å².